The molecular weight excluding hydrogens is 502 g/mol. The number of piperidine rings is 1. The highest BCUT2D eigenvalue weighted by Gasteiger charge is 2.23. The van der Waals surface area contributed by atoms with Gasteiger partial charge in [0, 0.05) is 36.5 Å². The van der Waals surface area contributed by atoms with Crippen LogP contribution in [-0.4, -0.2) is 53.4 Å². The number of methoxy groups -OCH3 is 1. The van der Waals surface area contributed by atoms with Crippen LogP contribution in [0, 0.1) is 5.92 Å². The number of para-hydroxylation sites is 1. The molecule has 4 aromatic rings. The van der Waals surface area contributed by atoms with Crippen LogP contribution in [-0.2, 0) is 20.7 Å². The first-order chi connectivity index (χ1) is 19.6. The van der Waals surface area contributed by atoms with Gasteiger partial charge in [-0.25, -0.2) is 9.48 Å². The molecule has 0 atom stereocenters. The maximum absolute atomic E-state index is 12.7. The lowest BCUT2D eigenvalue weighted by Crippen LogP contribution is -2.41. The molecule has 1 aliphatic heterocycles. The molecule has 204 valence electrons. The third-order valence-corrected chi connectivity index (χ3v) is 7.20. The van der Waals surface area contributed by atoms with Crippen LogP contribution in [0.3, 0.4) is 0 Å². The van der Waals surface area contributed by atoms with Gasteiger partial charge < -0.3 is 14.4 Å². The zero-order valence-electron chi connectivity index (χ0n) is 22.6. The van der Waals surface area contributed by atoms with Crippen molar-refractivity contribution in [2.24, 2.45) is 5.92 Å². The second kappa shape index (κ2) is 12.9. The van der Waals surface area contributed by atoms with E-state index in [-0.39, 0.29) is 12.5 Å². The molecule has 40 heavy (non-hydrogen) atoms. The van der Waals surface area contributed by atoms with Crippen LogP contribution in [0.1, 0.15) is 24.0 Å². The number of hydrogen-bond donors (Lipinski definition) is 0. The molecule has 7 heteroatoms. The van der Waals surface area contributed by atoms with Crippen molar-refractivity contribution in [2.45, 2.75) is 19.3 Å². The Morgan fingerprint density at radius 3 is 2.27 bits per heavy atom. The summed E-state index contributed by atoms with van der Waals surface area (Å²) in [7, 11) is 1.62. The molecule has 0 aliphatic carbocycles. The number of nitrogens with zero attached hydrogens (tertiary/aromatic N) is 3. The maximum Gasteiger partial charge on any atom is 0.331 e. The summed E-state index contributed by atoms with van der Waals surface area (Å²) in [5, 5.41) is 4.76. The summed E-state index contributed by atoms with van der Waals surface area (Å²) in [6.45, 7) is 1.11. The van der Waals surface area contributed by atoms with E-state index in [0.717, 1.165) is 41.8 Å². The lowest BCUT2D eigenvalue weighted by Gasteiger charge is -2.32. The highest BCUT2D eigenvalue weighted by atomic mass is 16.5. The fraction of sp³-hybridized carbons (Fsp3) is 0.242. The van der Waals surface area contributed by atoms with Crippen molar-refractivity contribution in [1.82, 2.24) is 14.7 Å². The molecule has 0 bridgehead atoms. The SMILES string of the molecule is COc1ccc(-c2nn(-c3ccccc3)cc2/C=C/C(=O)OCC(=O)N2CCC(Cc3ccccc3)CC2)cc1. The third-order valence-electron chi connectivity index (χ3n) is 7.20. The van der Waals surface area contributed by atoms with Crippen LogP contribution < -0.4 is 4.74 Å². The summed E-state index contributed by atoms with van der Waals surface area (Å²) in [6.07, 6.45) is 7.82. The number of aromatic nitrogens is 2. The Kier molecular flexibility index (Phi) is 8.71. The fourth-order valence-electron chi connectivity index (χ4n) is 4.96. The Bertz CT molecular complexity index is 1440. The number of likely N-dealkylation sites (tertiary alicyclic amines) is 1. The molecule has 0 saturated carbocycles. The molecule has 7 nitrogen and oxygen atoms in total. The van der Waals surface area contributed by atoms with Crippen LogP contribution in [0.2, 0.25) is 0 Å². The van der Waals surface area contributed by atoms with Crippen molar-refractivity contribution >= 4 is 18.0 Å². The molecule has 5 rings (SSSR count). The van der Waals surface area contributed by atoms with E-state index in [9.17, 15) is 9.59 Å². The zero-order valence-corrected chi connectivity index (χ0v) is 22.6. The molecule has 0 N–H and O–H groups in total. The highest BCUT2D eigenvalue weighted by molar-refractivity contribution is 5.90. The number of rotatable bonds is 9. The standard InChI is InChI=1S/C33H33N3O4/c1-39-30-15-12-27(13-16-30)33-28(23-36(34-33)29-10-6-3-7-11-29)14-17-32(38)40-24-31(37)35-20-18-26(19-21-35)22-25-8-4-2-5-9-25/h2-17,23,26H,18-22,24H2,1H3/b17-14+. The van der Waals surface area contributed by atoms with E-state index in [0.29, 0.717) is 24.7 Å². The van der Waals surface area contributed by atoms with Gasteiger partial charge in [-0.05, 0) is 73.2 Å². The number of carbonyl (C=O) groups is 2. The molecule has 0 unspecified atom stereocenters. The minimum absolute atomic E-state index is 0.157. The summed E-state index contributed by atoms with van der Waals surface area (Å²) < 4.78 is 12.4. The summed E-state index contributed by atoms with van der Waals surface area (Å²) >= 11 is 0. The fourth-order valence-corrected chi connectivity index (χ4v) is 4.96. The first kappa shape index (κ1) is 26.9. The first-order valence-electron chi connectivity index (χ1n) is 13.5. The van der Waals surface area contributed by atoms with E-state index in [1.165, 1.54) is 11.6 Å². The molecule has 1 aromatic heterocycles. The Labute approximate surface area is 234 Å². The van der Waals surface area contributed by atoms with Crippen LogP contribution in [0.15, 0.2) is 97.2 Å². The second-order valence-electron chi connectivity index (χ2n) is 9.90. The quantitative estimate of drug-likeness (QED) is 0.207. The van der Waals surface area contributed by atoms with Gasteiger partial charge in [-0.2, -0.15) is 5.10 Å². The predicted molar refractivity (Wildman–Crippen MR) is 155 cm³/mol. The van der Waals surface area contributed by atoms with Crippen molar-refractivity contribution in [3.63, 3.8) is 0 Å². The van der Waals surface area contributed by atoms with Gasteiger partial charge in [-0.3, -0.25) is 4.79 Å². The Hall–Kier alpha value is -4.65. The minimum atomic E-state index is -0.569. The monoisotopic (exact) mass is 535 g/mol. The predicted octanol–water partition coefficient (Wildman–Crippen LogP) is 5.59. The molecule has 1 saturated heterocycles. The minimum Gasteiger partial charge on any atom is -0.497 e. The van der Waals surface area contributed by atoms with Gasteiger partial charge >= 0.3 is 5.97 Å². The molecule has 1 fully saturated rings. The molecule has 1 amide bonds. The zero-order chi connectivity index (χ0) is 27.7. The number of hydrogen-bond acceptors (Lipinski definition) is 5. The van der Waals surface area contributed by atoms with Gasteiger partial charge in [0.1, 0.15) is 5.75 Å². The molecular formula is C33H33N3O4. The van der Waals surface area contributed by atoms with Crippen LogP contribution in [0.25, 0.3) is 23.0 Å². The smallest absolute Gasteiger partial charge is 0.331 e. The van der Waals surface area contributed by atoms with Crippen molar-refractivity contribution in [1.29, 1.82) is 0 Å². The van der Waals surface area contributed by atoms with Crippen LogP contribution >= 0.6 is 0 Å². The highest BCUT2D eigenvalue weighted by Crippen LogP contribution is 2.27. The molecule has 1 aliphatic rings. The summed E-state index contributed by atoms with van der Waals surface area (Å²) in [4.78, 5) is 27.0. The lowest BCUT2D eigenvalue weighted by atomic mass is 9.90. The molecule has 3 aromatic carbocycles. The maximum atomic E-state index is 12.7. The van der Waals surface area contributed by atoms with E-state index in [1.807, 2.05) is 66.9 Å². The number of ether oxygens (including phenoxy) is 2. The van der Waals surface area contributed by atoms with Crippen LogP contribution in [0.4, 0.5) is 0 Å². The van der Waals surface area contributed by atoms with Crippen molar-refractivity contribution in [2.75, 3.05) is 26.8 Å². The van der Waals surface area contributed by atoms with Crippen molar-refractivity contribution in [3.8, 4) is 22.7 Å². The number of amides is 1. The van der Waals surface area contributed by atoms with E-state index >= 15 is 0 Å². The largest absolute Gasteiger partial charge is 0.497 e. The first-order valence-corrected chi connectivity index (χ1v) is 13.5. The third kappa shape index (κ3) is 6.86. The Morgan fingerprint density at radius 1 is 0.925 bits per heavy atom. The van der Waals surface area contributed by atoms with Gasteiger partial charge in [0.15, 0.2) is 6.61 Å². The van der Waals surface area contributed by atoms with E-state index in [4.69, 9.17) is 14.6 Å². The number of benzene rings is 3. The molecule has 2 heterocycles. The normalized spacial score (nSPS) is 13.9. The van der Waals surface area contributed by atoms with Gasteiger partial charge in [-0.15, -0.1) is 0 Å². The topological polar surface area (TPSA) is 73.7 Å². The lowest BCUT2D eigenvalue weighted by molar-refractivity contribution is -0.148. The average Bonchev–Trinajstić information content (AvgIpc) is 3.44. The van der Waals surface area contributed by atoms with Gasteiger partial charge in [0.2, 0.25) is 0 Å². The van der Waals surface area contributed by atoms with Crippen molar-refractivity contribution < 1.29 is 19.1 Å². The molecule has 0 spiro atoms. The van der Waals surface area contributed by atoms with Gasteiger partial charge in [0.05, 0.1) is 18.5 Å². The summed E-state index contributed by atoms with van der Waals surface area (Å²) in [5.41, 5.74) is 4.58. The Balaban J connectivity index is 1.19. The van der Waals surface area contributed by atoms with E-state index in [1.54, 1.807) is 22.8 Å². The van der Waals surface area contributed by atoms with Crippen LogP contribution in [0.5, 0.6) is 5.75 Å². The van der Waals surface area contributed by atoms with E-state index < -0.39 is 5.97 Å². The van der Waals surface area contributed by atoms with E-state index in [2.05, 4.69) is 24.3 Å². The average molecular weight is 536 g/mol. The Morgan fingerprint density at radius 2 is 1.60 bits per heavy atom. The number of carbonyl (C=O) groups excluding carboxylic acids is 2. The summed E-state index contributed by atoms with van der Waals surface area (Å²) in [5.74, 6) is 0.585. The van der Waals surface area contributed by atoms with Gasteiger partial charge in [-0.1, -0.05) is 48.5 Å². The summed E-state index contributed by atoms with van der Waals surface area (Å²) in [6, 6.07) is 27.8. The second-order valence-corrected chi connectivity index (χ2v) is 9.90. The van der Waals surface area contributed by atoms with Gasteiger partial charge in [0.25, 0.3) is 5.91 Å². The molecule has 0 radical (unpaired) electrons. The van der Waals surface area contributed by atoms with Crippen molar-refractivity contribution in [3.05, 3.63) is 108 Å². The number of esters is 1.